The van der Waals surface area contributed by atoms with Gasteiger partial charge in [0.05, 0.1) is 16.0 Å². The molecule has 0 fully saturated rings. The molecule has 0 saturated heterocycles. The Labute approximate surface area is 133 Å². The van der Waals surface area contributed by atoms with Gasteiger partial charge in [0.25, 0.3) is 0 Å². The largest absolute Gasteiger partial charge is 0.492 e. The average Bonchev–Trinajstić information content (AvgIpc) is 2.50. The number of pyridine rings is 1. The predicted molar refractivity (Wildman–Crippen MR) is 80.8 cm³/mol. The number of aromatic hydroxyl groups is 1. The number of hydrogen-bond acceptors (Lipinski definition) is 4. The van der Waals surface area contributed by atoms with Crippen molar-refractivity contribution in [2.24, 2.45) is 0 Å². The maximum absolute atomic E-state index is 13.5. The molecule has 0 aliphatic carbocycles. The predicted octanol–water partition coefficient (Wildman–Crippen LogP) is 4.07. The van der Waals surface area contributed by atoms with Crippen molar-refractivity contribution >= 4 is 28.6 Å². The van der Waals surface area contributed by atoms with Gasteiger partial charge in [-0.2, -0.15) is 0 Å². The Balaban J connectivity index is 2.22. The topological polar surface area (TPSA) is 70.4 Å². The van der Waals surface area contributed by atoms with Crippen LogP contribution in [0.2, 0.25) is 0 Å². The summed E-state index contributed by atoms with van der Waals surface area (Å²) in [7, 11) is 0. The number of carboxylic acids is 1. The summed E-state index contributed by atoms with van der Waals surface area (Å²) in [6.45, 7) is 0. The van der Waals surface area contributed by atoms with E-state index in [1.54, 1.807) is 0 Å². The van der Waals surface area contributed by atoms with Crippen molar-refractivity contribution in [3.8, 4) is 5.88 Å². The van der Waals surface area contributed by atoms with Gasteiger partial charge in [0.1, 0.15) is 11.6 Å². The summed E-state index contributed by atoms with van der Waals surface area (Å²) in [6.07, 6.45) is 0. The van der Waals surface area contributed by atoms with Gasteiger partial charge in [-0.25, -0.2) is 18.6 Å². The molecule has 23 heavy (non-hydrogen) atoms. The number of aromatic carboxylic acids is 1. The third-order valence-electron chi connectivity index (χ3n) is 3.13. The van der Waals surface area contributed by atoms with E-state index in [9.17, 15) is 23.8 Å². The summed E-state index contributed by atoms with van der Waals surface area (Å²) in [5.74, 6) is -2.83. The first-order valence-corrected chi connectivity index (χ1v) is 7.26. The Hall–Kier alpha value is -2.67. The summed E-state index contributed by atoms with van der Waals surface area (Å²) < 4.78 is 26.4. The fraction of sp³-hybridized carbons (Fsp3) is 0. The first kappa shape index (κ1) is 15.2. The summed E-state index contributed by atoms with van der Waals surface area (Å²) >= 11 is 0.916. The highest BCUT2D eigenvalue weighted by Crippen LogP contribution is 2.39. The third kappa shape index (κ3) is 2.95. The maximum atomic E-state index is 13.5. The Morgan fingerprint density at radius 3 is 2.35 bits per heavy atom. The molecule has 0 radical (unpaired) electrons. The maximum Gasteiger partial charge on any atom is 0.337 e. The number of nitrogens with zero attached hydrogens (tertiary/aromatic N) is 1. The fourth-order valence-electron chi connectivity index (χ4n) is 2.13. The Morgan fingerprint density at radius 2 is 1.70 bits per heavy atom. The number of carbonyl (C=O) groups is 1. The van der Waals surface area contributed by atoms with Crippen LogP contribution in [-0.2, 0) is 0 Å². The zero-order chi connectivity index (χ0) is 16.6. The van der Waals surface area contributed by atoms with Crippen LogP contribution in [0.1, 0.15) is 10.4 Å². The molecule has 1 heterocycles. The fourth-order valence-corrected chi connectivity index (χ4v) is 3.08. The second-order valence-electron chi connectivity index (χ2n) is 4.66. The molecule has 116 valence electrons. The molecule has 1 aromatic heterocycles. The molecular formula is C16H9F2NO3S. The second kappa shape index (κ2) is 5.85. The van der Waals surface area contributed by atoms with Crippen molar-refractivity contribution in [2.45, 2.75) is 9.79 Å². The Bertz CT molecular complexity index is 913. The van der Waals surface area contributed by atoms with Crippen molar-refractivity contribution in [3.63, 3.8) is 0 Å². The Kier molecular flexibility index (Phi) is 3.87. The molecular weight excluding hydrogens is 324 g/mol. The van der Waals surface area contributed by atoms with Crippen molar-refractivity contribution in [1.29, 1.82) is 0 Å². The molecule has 0 atom stereocenters. The number of fused-ring (bicyclic) bond motifs is 1. The number of aromatic nitrogens is 1. The highest BCUT2D eigenvalue weighted by Gasteiger charge is 2.21. The molecule has 3 rings (SSSR count). The van der Waals surface area contributed by atoms with E-state index in [0.29, 0.717) is 4.90 Å². The van der Waals surface area contributed by atoms with Crippen LogP contribution in [0, 0.1) is 11.6 Å². The van der Waals surface area contributed by atoms with Crippen molar-refractivity contribution in [2.75, 3.05) is 0 Å². The summed E-state index contributed by atoms with van der Waals surface area (Å²) in [5.41, 5.74) is -0.0777. The van der Waals surface area contributed by atoms with Gasteiger partial charge >= 0.3 is 5.97 Å². The first-order chi connectivity index (χ1) is 11.0. The van der Waals surface area contributed by atoms with Gasteiger partial charge in [-0.15, -0.1) is 0 Å². The number of carboxylic acid groups (broad SMARTS) is 1. The minimum Gasteiger partial charge on any atom is -0.492 e. The molecule has 0 aliphatic heterocycles. The lowest BCUT2D eigenvalue weighted by molar-refractivity contribution is 0.0694. The van der Waals surface area contributed by atoms with Gasteiger partial charge in [-0.1, -0.05) is 11.8 Å². The van der Waals surface area contributed by atoms with Gasteiger partial charge in [-0.05, 0) is 42.5 Å². The van der Waals surface area contributed by atoms with Crippen LogP contribution in [0.4, 0.5) is 8.78 Å². The van der Waals surface area contributed by atoms with Crippen LogP contribution in [-0.4, -0.2) is 21.2 Å². The van der Waals surface area contributed by atoms with Crippen LogP contribution in [0.3, 0.4) is 0 Å². The van der Waals surface area contributed by atoms with Gasteiger partial charge in [0.2, 0.25) is 5.88 Å². The smallest absolute Gasteiger partial charge is 0.337 e. The van der Waals surface area contributed by atoms with E-state index >= 15 is 0 Å². The van der Waals surface area contributed by atoms with Gasteiger partial charge < -0.3 is 10.2 Å². The van der Waals surface area contributed by atoms with Crippen molar-refractivity contribution in [1.82, 2.24) is 4.98 Å². The molecule has 0 spiro atoms. The number of rotatable bonds is 3. The highest BCUT2D eigenvalue weighted by atomic mass is 32.2. The minimum absolute atomic E-state index is 0.0257. The zero-order valence-corrected chi connectivity index (χ0v) is 12.3. The number of halogens is 2. The third-order valence-corrected chi connectivity index (χ3v) is 4.23. The molecule has 0 saturated carbocycles. The molecule has 3 aromatic rings. The number of hydrogen-bond donors (Lipinski definition) is 2. The summed E-state index contributed by atoms with van der Waals surface area (Å²) in [4.78, 5) is 16.0. The van der Waals surface area contributed by atoms with E-state index in [2.05, 4.69) is 4.98 Å². The molecule has 4 nitrogen and oxygen atoms in total. The van der Waals surface area contributed by atoms with Crippen LogP contribution >= 0.6 is 11.8 Å². The number of benzene rings is 2. The first-order valence-electron chi connectivity index (χ1n) is 6.44. The average molecular weight is 333 g/mol. The zero-order valence-electron chi connectivity index (χ0n) is 11.5. The Morgan fingerprint density at radius 1 is 1.04 bits per heavy atom. The SMILES string of the molecule is O=C(O)c1c(Sc2ccc(F)cc2)c(O)nc2ccc(F)cc12. The normalized spacial score (nSPS) is 10.9. The van der Waals surface area contributed by atoms with Crippen LogP contribution in [0.25, 0.3) is 10.9 Å². The second-order valence-corrected chi connectivity index (χ2v) is 5.75. The van der Waals surface area contributed by atoms with Crippen molar-refractivity contribution in [3.05, 3.63) is 59.7 Å². The quantitative estimate of drug-likeness (QED) is 0.756. The van der Waals surface area contributed by atoms with E-state index in [1.807, 2.05) is 0 Å². The monoisotopic (exact) mass is 333 g/mol. The van der Waals surface area contributed by atoms with E-state index in [4.69, 9.17) is 0 Å². The summed E-state index contributed by atoms with van der Waals surface area (Å²) in [5, 5.41) is 19.6. The van der Waals surface area contributed by atoms with E-state index in [1.165, 1.54) is 30.3 Å². The van der Waals surface area contributed by atoms with Gasteiger partial charge in [0, 0.05) is 10.3 Å². The lowest BCUT2D eigenvalue weighted by Crippen LogP contribution is -2.02. The van der Waals surface area contributed by atoms with Crippen LogP contribution in [0.5, 0.6) is 5.88 Å². The van der Waals surface area contributed by atoms with Gasteiger partial charge in [0.15, 0.2) is 0 Å². The molecule has 0 amide bonds. The molecule has 7 heteroatoms. The van der Waals surface area contributed by atoms with Crippen LogP contribution < -0.4 is 0 Å². The molecule has 2 N–H and O–H groups in total. The summed E-state index contributed by atoms with van der Waals surface area (Å²) in [6, 6.07) is 8.81. The minimum atomic E-state index is -1.32. The van der Waals surface area contributed by atoms with Gasteiger partial charge in [-0.3, -0.25) is 0 Å². The standard InChI is InChI=1S/C16H9F2NO3S/c17-8-1-4-10(5-2-8)23-14-13(16(21)22)11-7-9(18)3-6-12(11)19-15(14)20/h1-7H,(H,19,20)(H,21,22). The molecule has 0 bridgehead atoms. The van der Waals surface area contributed by atoms with Crippen molar-refractivity contribution < 1.29 is 23.8 Å². The van der Waals surface area contributed by atoms with E-state index in [0.717, 1.165) is 23.9 Å². The van der Waals surface area contributed by atoms with E-state index in [-0.39, 0.29) is 21.4 Å². The highest BCUT2D eigenvalue weighted by molar-refractivity contribution is 7.99. The lowest BCUT2D eigenvalue weighted by Gasteiger charge is -2.11. The molecule has 0 aliphatic rings. The van der Waals surface area contributed by atoms with E-state index < -0.39 is 23.5 Å². The lowest BCUT2D eigenvalue weighted by atomic mass is 10.1. The van der Waals surface area contributed by atoms with Crippen LogP contribution in [0.15, 0.2) is 52.3 Å². The molecule has 0 unspecified atom stereocenters. The molecule has 2 aromatic carbocycles.